The average Bonchev–Trinajstić information content (AvgIpc) is 2.85. The fourth-order valence-electron chi connectivity index (χ4n) is 5.13. The van der Waals surface area contributed by atoms with Gasteiger partial charge in [-0.1, -0.05) is 79.4 Å². The van der Waals surface area contributed by atoms with Crippen LogP contribution in [0.2, 0.25) is 0 Å². The third-order valence-corrected chi connectivity index (χ3v) is 7.82. The molecule has 0 unspecified atom stereocenters. The predicted octanol–water partition coefficient (Wildman–Crippen LogP) is 8.41. The number of hydrogen-bond acceptors (Lipinski definition) is 0. The third-order valence-electron chi connectivity index (χ3n) is 6.73. The molecule has 0 fully saturated rings. The van der Waals surface area contributed by atoms with Crippen LogP contribution < -0.4 is 4.57 Å². The number of aromatic nitrogens is 1. The Morgan fingerprint density at radius 1 is 0.706 bits per heavy atom. The van der Waals surface area contributed by atoms with E-state index in [4.69, 9.17) is 0 Å². The van der Waals surface area contributed by atoms with Gasteiger partial charge in [0, 0.05) is 40.3 Å². The van der Waals surface area contributed by atoms with Crippen molar-refractivity contribution in [3.63, 3.8) is 0 Å². The van der Waals surface area contributed by atoms with E-state index in [0.717, 1.165) is 5.57 Å². The summed E-state index contributed by atoms with van der Waals surface area (Å²) in [6, 6.07) is 28.6. The van der Waals surface area contributed by atoms with Crippen LogP contribution in [0.3, 0.4) is 0 Å². The van der Waals surface area contributed by atoms with Gasteiger partial charge in [0.05, 0.1) is 0 Å². The van der Waals surface area contributed by atoms with E-state index in [2.05, 4.69) is 146 Å². The van der Waals surface area contributed by atoms with Crippen LogP contribution in [0.4, 0.5) is 0 Å². The minimum absolute atomic E-state index is 1.16. The van der Waals surface area contributed by atoms with Crippen molar-refractivity contribution < 1.29 is 4.57 Å². The zero-order valence-corrected chi connectivity index (χ0v) is 21.9. The van der Waals surface area contributed by atoms with Gasteiger partial charge in [-0.25, -0.2) is 0 Å². The van der Waals surface area contributed by atoms with Gasteiger partial charge in [0.15, 0.2) is 0 Å². The molecule has 34 heavy (non-hydrogen) atoms. The number of rotatable bonds is 3. The summed E-state index contributed by atoms with van der Waals surface area (Å²) < 4.78 is 3.47. The van der Waals surface area contributed by atoms with Crippen molar-refractivity contribution in [3.05, 3.63) is 124 Å². The zero-order chi connectivity index (χ0) is 23.8. The first-order chi connectivity index (χ1) is 16.6. The maximum Gasteiger partial charge on any atom is 0.241 e. The first-order valence-corrected chi connectivity index (χ1v) is 12.6. The average molecular weight is 552 g/mol. The highest BCUT2D eigenvalue weighted by atomic mass is 127. The lowest BCUT2D eigenvalue weighted by Crippen LogP contribution is -2.35. The van der Waals surface area contributed by atoms with Crippen LogP contribution in [0.25, 0.3) is 44.7 Å². The van der Waals surface area contributed by atoms with Crippen molar-refractivity contribution in [1.82, 2.24) is 0 Å². The lowest BCUT2D eigenvalue weighted by atomic mass is 9.78. The molecule has 0 radical (unpaired) electrons. The SMILES string of the molecule is C=C/C1=C(\C=C/C)c2ccccc2-c2c(ccc(-c3cccc(I)[n+]3C)c2C)-c2ccccc21. The number of benzene rings is 3. The van der Waals surface area contributed by atoms with Crippen LogP contribution in [0.1, 0.15) is 23.6 Å². The molecule has 1 heterocycles. The largest absolute Gasteiger partial charge is 0.241 e. The summed E-state index contributed by atoms with van der Waals surface area (Å²) in [7, 11) is 2.14. The van der Waals surface area contributed by atoms with Gasteiger partial charge in [-0.2, -0.15) is 4.57 Å². The van der Waals surface area contributed by atoms with E-state index in [1.807, 2.05) is 6.08 Å². The van der Waals surface area contributed by atoms with E-state index in [1.165, 1.54) is 59.5 Å². The van der Waals surface area contributed by atoms with E-state index >= 15 is 0 Å². The molecule has 0 bridgehead atoms. The summed E-state index contributed by atoms with van der Waals surface area (Å²) in [6.07, 6.45) is 6.34. The number of nitrogens with zero attached hydrogens (tertiary/aromatic N) is 1. The van der Waals surface area contributed by atoms with Crippen LogP contribution in [0.5, 0.6) is 0 Å². The van der Waals surface area contributed by atoms with Crippen molar-refractivity contribution in [1.29, 1.82) is 0 Å². The Bertz CT molecular complexity index is 1500. The van der Waals surface area contributed by atoms with Gasteiger partial charge < -0.3 is 0 Å². The summed E-state index contributed by atoms with van der Waals surface area (Å²) in [5, 5.41) is 0. The van der Waals surface area contributed by atoms with E-state index in [0.29, 0.717) is 0 Å². The van der Waals surface area contributed by atoms with E-state index in [1.54, 1.807) is 0 Å². The maximum absolute atomic E-state index is 4.21. The van der Waals surface area contributed by atoms with E-state index in [-0.39, 0.29) is 0 Å². The highest BCUT2D eigenvalue weighted by Gasteiger charge is 2.25. The molecule has 0 aliphatic heterocycles. The van der Waals surface area contributed by atoms with Crippen LogP contribution in [0.15, 0.2) is 104 Å². The normalized spacial score (nSPS) is 14.7. The van der Waals surface area contributed by atoms with Gasteiger partial charge in [-0.3, -0.25) is 0 Å². The van der Waals surface area contributed by atoms with Crippen molar-refractivity contribution in [2.45, 2.75) is 13.8 Å². The Hall–Kier alpha value is -3.24. The second-order valence-electron chi connectivity index (χ2n) is 8.58. The second-order valence-corrected chi connectivity index (χ2v) is 9.68. The molecule has 1 aromatic heterocycles. The van der Waals surface area contributed by atoms with Gasteiger partial charge in [-0.05, 0) is 76.1 Å². The van der Waals surface area contributed by atoms with Gasteiger partial charge >= 0.3 is 0 Å². The Labute approximate surface area is 216 Å². The van der Waals surface area contributed by atoms with Crippen molar-refractivity contribution in [2.24, 2.45) is 7.05 Å². The third kappa shape index (κ3) is 3.57. The molecular formula is C32H27IN+. The maximum atomic E-state index is 4.21. The molecule has 0 amide bonds. The molecule has 166 valence electrons. The zero-order valence-electron chi connectivity index (χ0n) is 19.8. The molecule has 2 heteroatoms. The smallest absolute Gasteiger partial charge is 0.190 e. The number of hydrogen-bond donors (Lipinski definition) is 0. The molecule has 5 rings (SSSR count). The van der Waals surface area contributed by atoms with Crippen LogP contribution in [-0.2, 0) is 7.05 Å². The highest BCUT2D eigenvalue weighted by Crippen LogP contribution is 2.47. The first kappa shape index (κ1) is 22.5. The minimum atomic E-state index is 1.16. The van der Waals surface area contributed by atoms with Gasteiger partial charge in [0.25, 0.3) is 0 Å². The number of pyridine rings is 1. The van der Waals surface area contributed by atoms with Crippen molar-refractivity contribution in [2.75, 3.05) is 0 Å². The topological polar surface area (TPSA) is 3.88 Å². The Morgan fingerprint density at radius 2 is 1.32 bits per heavy atom. The number of allylic oxidation sites excluding steroid dienone is 5. The lowest BCUT2D eigenvalue weighted by molar-refractivity contribution is -0.673. The van der Waals surface area contributed by atoms with Gasteiger partial charge in [0.1, 0.15) is 7.05 Å². The van der Waals surface area contributed by atoms with Crippen LogP contribution >= 0.6 is 22.6 Å². The molecule has 0 saturated carbocycles. The van der Waals surface area contributed by atoms with Gasteiger partial charge in [0.2, 0.25) is 9.39 Å². The molecule has 0 spiro atoms. The summed E-state index contributed by atoms with van der Waals surface area (Å²) >= 11 is 2.40. The molecular weight excluding hydrogens is 525 g/mol. The Balaban J connectivity index is 1.96. The molecule has 4 aromatic rings. The summed E-state index contributed by atoms with van der Waals surface area (Å²) in [5.41, 5.74) is 13.6. The molecule has 0 saturated heterocycles. The molecule has 1 nitrogen and oxygen atoms in total. The van der Waals surface area contributed by atoms with Crippen molar-refractivity contribution in [3.8, 4) is 33.5 Å². The molecule has 0 atom stereocenters. The Kier molecular flexibility index (Phi) is 6.09. The molecule has 0 N–H and O–H groups in total. The second kappa shape index (κ2) is 9.19. The molecule has 3 aromatic carbocycles. The monoisotopic (exact) mass is 552 g/mol. The minimum Gasteiger partial charge on any atom is -0.190 e. The number of fused-ring (bicyclic) bond motifs is 5. The summed E-state index contributed by atoms with van der Waals surface area (Å²) in [6.45, 7) is 8.56. The summed E-state index contributed by atoms with van der Waals surface area (Å²) in [5.74, 6) is 0. The fraction of sp³-hybridized carbons (Fsp3) is 0.0938. The highest BCUT2D eigenvalue weighted by molar-refractivity contribution is 14.1. The van der Waals surface area contributed by atoms with E-state index < -0.39 is 0 Å². The quantitative estimate of drug-likeness (QED) is 0.137. The Morgan fingerprint density at radius 3 is 2.00 bits per heavy atom. The summed E-state index contributed by atoms with van der Waals surface area (Å²) in [4.78, 5) is 0. The fourth-order valence-corrected chi connectivity index (χ4v) is 5.60. The number of halogens is 1. The standard InChI is InChI=1S/C32H27IN/c1-5-12-24-22(6-2)25-13-7-8-15-27(25)29-20-19-23(30-17-11-18-31(33)34(30)4)21(3)32(29)28-16-10-9-14-26(24)28/h5-20H,2H2,1,3-4H3/q+1/b12-5-,24-22-,25-22?,26-24?,29-27?,32-28?. The predicted molar refractivity (Wildman–Crippen MR) is 153 cm³/mol. The molecule has 1 aliphatic rings. The van der Waals surface area contributed by atoms with Crippen LogP contribution in [0, 0.1) is 10.6 Å². The molecule has 1 aliphatic carbocycles. The van der Waals surface area contributed by atoms with Gasteiger partial charge in [-0.15, -0.1) is 0 Å². The van der Waals surface area contributed by atoms with Crippen LogP contribution in [-0.4, -0.2) is 0 Å². The van der Waals surface area contributed by atoms with Crippen molar-refractivity contribution >= 4 is 33.7 Å². The van der Waals surface area contributed by atoms with E-state index in [9.17, 15) is 0 Å². The first-order valence-electron chi connectivity index (χ1n) is 11.5. The lowest BCUT2D eigenvalue weighted by Gasteiger charge is -2.25.